The number of carbonyl (C=O) groups is 1. The van der Waals surface area contributed by atoms with Gasteiger partial charge in [-0.05, 0) is 5.56 Å². The lowest BCUT2D eigenvalue weighted by atomic mass is 10.2. The standard InChI is InChI=1S/C21H21N7O2S/c29-19-12-17(22-21-28(19)10-11-31-21)14-25-6-8-26(9-7-25)20(30)18-15-27(24-23-18)13-16-4-2-1-3-5-16/h1-5,10-12,15H,6-9,13-14H2. The van der Waals surface area contributed by atoms with E-state index in [1.54, 1.807) is 32.4 Å². The Balaban J connectivity index is 1.18. The van der Waals surface area contributed by atoms with Gasteiger partial charge in [0.05, 0.1) is 18.4 Å². The van der Waals surface area contributed by atoms with Gasteiger partial charge in [-0.25, -0.2) is 9.67 Å². The first kappa shape index (κ1) is 19.6. The van der Waals surface area contributed by atoms with E-state index < -0.39 is 0 Å². The molecule has 4 aromatic rings. The molecule has 0 radical (unpaired) electrons. The van der Waals surface area contributed by atoms with Gasteiger partial charge in [-0.2, -0.15) is 0 Å². The molecule has 3 aromatic heterocycles. The van der Waals surface area contributed by atoms with Crippen molar-refractivity contribution in [3.8, 4) is 0 Å². The lowest BCUT2D eigenvalue weighted by Crippen LogP contribution is -2.48. The van der Waals surface area contributed by atoms with Gasteiger partial charge in [-0.3, -0.25) is 18.9 Å². The topological polar surface area (TPSA) is 88.6 Å². The number of piperazine rings is 1. The SMILES string of the molecule is O=C(c1cn(Cc2ccccc2)nn1)N1CCN(Cc2cc(=O)n3ccsc3n2)CC1. The molecule has 1 fully saturated rings. The first-order chi connectivity index (χ1) is 15.2. The first-order valence-electron chi connectivity index (χ1n) is 10.1. The summed E-state index contributed by atoms with van der Waals surface area (Å²) in [7, 11) is 0. The Labute approximate surface area is 182 Å². The number of amides is 1. The van der Waals surface area contributed by atoms with Crippen LogP contribution in [0.2, 0.25) is 0 Å². The lowest BCUT2D eigenvalue weighted by Gasteiger charge is -2.34. The van der Waals surface area contributed by atoms with Crippen LogP contribution >= 0.6 is 11.3 Å². The second-order valence-electron chi connectivity index (χ2n) is 7.50. The summed E-state index contributed by atoms with van der Waals surface area (Å²) in [6, 6.07) is 11.5. The molecule has 1 saturated heterocycles. The molecule has 1 aliphatic heterocycles. The minimum Gasteiger partial charge on any atom is -0.335 e. The van der Waals surface area contributed by atoms with E-state index in [0.29, 0.717) is 36.8 Å². The molecular weight excluding hydrogens is 414 g/mol. The second-order valence-corrected chi connectivity index (χ2v) is 8.37. The van der Waals surface area contributed by atoms with Gasteiger partial charge in [0.1, 0.15) is 0 Å². The predicted molar refractivity (Wildman–Crippen MR) is 116 cm³/mol. The molecular formula is C21H21N7O2S. The van der Waals surface area contributed by atoms with E-state index in [1.807, 2.05) is 35.7 Å². The maximum Gasteiger partial charge on any atom is 0.276 e. The number of carbonyl (C=O) groups excluding carboxylic acids is 1. The van der Waals surface area contributed by atoms with Gasteiger partial charge in [0.25, 0.3) is 11.5 Å². The van der Waals surface area contributed by atoms with E-state index in [0.717, 1.165) is 24.3 Å². The van der Waals surface area contributed by atoms with E-state index in [1.165, 1.54) is 11.3 Å². The summed E-state index contributed by atoms with van der Waals surface area (Å²) in [5.41, 5.74) is 2.17. The molecule has 0 N–H and O–H groups in total. The van der Waals surface area contributed by atoms with Gasteiger partial charge in [-0.15, -0.1) is 16.4 Å². The molecule has 0 unspecified atom stereocenters. The summed E-state index contributed by atoms with van der Waals surface area (Å²) >= 11 is 1.45. The van der Waals surface area contributed by atoms with Crippen LogP contribution in [0, 0.1) is 0 Å². The van der Waals surface area contributed by atoms with Gasteiger partial charge >= 0.3 is 0 Å². The van der Waals surface area contributed by atoms with Crippen LogP contribution in [0.1, 0.15) is 21.7 Å². The van der Waals surface area contributed by atoms with Crippen LogP contribution in [0.3, 0.4) is 0 Å². The fourth-order valence-electron chi connectivity index (χ4n) is 3.71. The predicted octanol–water partition coefficient (Wildman–Crippen LogP) is 1.35. The van der Waals surface area contributed by atoms with Crippen LogP contribution in [0.4, 0.5) is 0 Å². The minimum absolute atomic E-state index is 0.0614. The molecule has 0 atom stereocenters. The highest BCUT2D eigenvalue weighted by atomic mass is 32.1. The number of benzene rings is 1. The lowest BCUT2D eigenvalue weighted by molar-refractivity contribution is 0.0621. The molecule has 1 aromatic carbocycles. The number of rotatable bonds is 5. The first-order valence-corrected chi connectivity index (χ1v) is 11.0. The molecule has 9 nitrogen and oxygen atoms in total. The third-order valence-corrected chi connectivity index (χ3v) is 6.10. The van der Waals surface area contributed by atoms with E-state index in [4.69, 9.17) is 0 Å². The van der Waals surface area contributed by atoms with E-state index in [2.05, 4.69) is 20.2 Å². The quantitative estimate of drug-likeness (QED) is 0.470. The van der Waals surface area contributed by atoms with Gasteiger partial charge < -0.3 is 4.90 Å². The Kier molecular flexibility index (Phi) is 5.31. The number of nitrogens with zero attached hydrogens (tertiary/aromatic N) is 7. The maximum atomic E-state index is 12.8. The number of thiazole rings is 1. The van der Waals surface area contributed by atoms with Crippen LogP contribution in [-0.2, 0) is 13.1 Å². The third-order valence-electron chi connectivity index (χ3n) is 5.35. The molecule has 0 spiro atoms. The number of fused-ring (bicyclic) bond motifs is 1. The molecule has 0 saturated carbocycles. The Morgan fingerprint density at radius 3 is 2.68 bits per heavy atom. The highest BCUT2D eigenvalue weighted by Gasteiger charge is 2.24. The van der Waals surface area contributed by atoms with Gasteiger partial charge in [0, 0.05) is 50.4 Å². The summed E-state index contributed by atoms with van der Waals surface area (Å²) in [6.45, 7) is 3.81. The smallest absolute Gasteiger partial charge is 0.276 e. The molecule has 10 heteroatoms. The molecule has 1 amide bonds. The van der Waals surface area contributed by atoms with Crippen LogP contribution in [0.15, 0.2) is 59.0 Å². The largest absolute Gasteiger partial charge is 0.335 e. The zero-order valence-corrected chi connectivity index (χ0v) is 17.6. The van der Waals surface area contributed by atoms with Crippen molar-refractivity contribution >= 4 is 22.2 Å². The number of hydrogen-bond donors (Lipinski definition) is 0. The van der Waals surface area contributed by atoms with Crippen LogP contribution in [0.5, 0.6) is 0 Å². The van der Waals surface area contributed by atoms with E-state index in [-0.39, 0.29) is 11.5 Å². The fourth-order valence-corrected chi connectivity index (χ4v) is 4.45. The molecule has 31 heavy (non-hydrogen) atoms. The molecule has 4 heterocycles. The Morgan fingerprint density at radius 2 is 1.87 bits per heavy atom. The van der Waals surface area contributed by atoms with Crippen molar-refractivity contribution in [2.75, 3.05) is 26.2 Å². The van der Waals surface area contributed by atoms with Crippen molar-refractivity contribution in [3.05, 3.63) is 81.5 Å². The van der Waals surface area contributed by atoms with Crippen LogP contribution < -0.4 is 5.56 Å². The van der Waals surface area contributed by atoms with Gasteiger partial charge in [0.15, 0.2) is 10.7 Å². The second kappa shape index (κ2) is 8.40. The molecule has 0 aliphatic carbocycles. The highest BCUT2D eigenvalue weighted by Crippen LogP contribution is 2.12. The highest BCUT2D eigenvalue weighted by molar-refractivity contribution is 7.15. The number of aromatic nitrogens is 5. The monoisotopic (exact) mass is 435 g/mol. The third kappa shape index (κ3) is 4.25. The van der Waals surface area contributed by atoms with E-state index in [9.17, 15) is 9.59 Å². The van der Waals surface area contributed by atoms with Crippen molar-refractivity contribution in [2.45, 2.75) is 13.1 Å². The molecule has 158 valence electrons. The fraction of sp³-hybridized carbons (Fsp3) is 0.286. The summed E-state index contributed by atoms with van der Waals surface area (Å²) < 4.78 is 3.24. The minimum atomic E-state index is -0.102. The molecule has 0 bridgehead atoms. The Hall–Kier alpha value is -3.37. The van der Waals surface area contributed by atoms with Crippen LogP contribution in [-0.4, -0.2) is 66.3 Å². The van der Waals surface area contributed by atoms with Crippen molar-refractivity contribution < 1.29 is 4.79 Å². The summed E-state index contributed by atoms with van der Waals surface area (Å²) in [5, 5.41) is 10.0. The molecule has 1 aliphatic rings. The zero-order chi connectivity index (χ0) is 21.2. The van der Waals surface area contributed by atoms with E-state index >= 15 is 0 Å². The zero-order valence-electron chi connectivity index (χ0n) is 16.8. The van der Waals surface area contributed by atoms with Crippen molar-refractivity contribution in [2.24, 2.45) is 0 Å². The molecule has 5 rings (SSSR count). The average molecular weight is 436 g/mol. The van der Waals surface area contributed by atoms with Gasteiger partial charge in [-0.1, -0.05) is 35.5 Å². The van der Waals surface area contributed by atoms with Crippen molar-refractivity contribution in [1.29, 1.82) is 0 Å². The Bertz CT molecular complexity index is 1260. The Morgan fingerprint density at radius 1 is 1.06 bits per heavy atom. The van der Waals surface area contributed by atoms with Crippen molar-refractivity contribution in [3.63, 3.8) is 0 Å². The van der Waals surface area contributed by atoms with Crippen LogP contribution in [0.25, 0.3) is 4.96 Å². The average Bonchev–Trinajstić information content (AvgIpc) is 3.44. The number of hydrogen-bond acceptors (Lipinski definition) is 7. The summed E-state index contributed by atoms with van der Waals surface area (Å²) in [5.74, 6) is -0.102. The normalized spacial score (nSPS) is 14.9. The van der Waals surface area contributed by atoms with Gasteiger partial charge in [0.2, 0.25) is 0 Å². The summed E-state index contributed by atoms with van der Waals surface area (Å²) in [6.07, 6.45) is 3.44. The van der Waals surface area contributed by atoms with Crippen molar-refractivity contribution in [1.82, 2.24) is 34.2 Å². The summed E-state index contributed by atoms with van der Waals surface area (Å²) in [4.78, 5) is 34.3. The maximum absolute atomic E-state index is 12.8.